The molecule has 0 bridgehead atoms. The van der Waals surface area contributed by atoms with Crippen molar-refractivity contribution < 1.29 is 9.26 Å². The van der Waals surface area contributed by atoms with Gasteiger partial charge in [-0.05, 0) is 24.3 Å². The van der Waals surface area contributed by atoms with Gasteiger partial charge in [-0.2, -0.15) is 4.98 Å². The summed E-state index contributed by atoms with van der Waals surface area (Å²) >= 11 is 5.86. The van der Waals surface area contributed by atoms with Crippen LogP contribution in [0.4, 0.5) is 0 Å². The van der Waals surface area contributed by atoms with Crippen LogP contribution in [0.2, 0.25) is 5.02 Å². The van der Waals surface area contributed by atoms with Crippen LogP contribution in [0.15, 0.2) is 33.8 Å². The number of hydrogen-bond donors (Lipinski definition) is 1. The van der Waals surface area contributed by atoms with E-state index in [1.54, 1.807) is 19.2 Å². The van der Waals surface area contributed by atoms with E-state index in [2.05, 4.69) is 20.4 Å². The van der Waals surface area contributed by atoms with Crippen LogP contribution in [0.3, 0.4) is 0 Å². The van der Waals surface area contributed by atoms with E-state index in [0.717, 1.165) is 11.7 Å². The number of aromatic nitrogens is 2. The highest BCUT2D eigenvalue weighted by molar-refractivity contribution is 14.0. The fourth-order valence-corrected chi connectivity index (χ4v) is 2.24. The van der Waals surface area contributed by atoms with E-state index in [1.165, 1.54) is 0 Å². The Hall–Kier alpha value is -1.55. The SMILES string of the molecule is CN=C(NCc1noc(C(C)(C)C)n1)N(C)CCOc1ccc(Cl)cc1.I. The quantitative estimate of drug-likeness (QED) is 0.365. The van der Waals surface area contributed by atoms with Crippen molar-refractivity contribution >= 4 is 41.5 Å². The lowest BCUT2D eigenvalue weighted by Gasteiger charge is -2.21. The molecule has 2 rings (SSSR count). The number of aliphatic imine (C=N–C) groups is 1. The first-order chi connectivity index (χ1) is 12.3. The maximum absolute atomic E-state index is 5.86. The van der Waals surface area contributed by atoms with E-state index < -0.39 is 0 Å². The third-order valence-corrected chi connectivity index (χ3v) is 3.85. The normalized spacial score (nSPS) is 11.7. The van der Waals surface area contributed by atoms with Gasteiger partial charge in [-0.3, -0.25) is 4.99 Å². The zero-order chi connectivity index (χ0) is 19.2. The van der Waals surface area contributed by atoms with Crippen molar-refractivity contribution in [2.75, 3.05) is 27.2 Å². The molecule has 0 aliphatic rings. The molecule has 1 N–H and O–H groups in total. The summed E-state index contributed by atoms with van der Waals surface area (Å²) in [6, 6.07) is 7.30. The Morgan fingerprint density at radius 2 is 1.96 bits per heavy atom. The maximum Gasteiger partial charge on any atom is 0.232 e. The zero-order valence-corrected chi connectivity index (χ0v) is 19.4. The van der Waals surface area contributed by atoms with Crippen LogP contribution in [-0.2, 0) is 12.0 Å². The first-order valence-electron chi connectivity index (χ1n) is 8.43. The molecular formula is C18H27ClIN5O2. The van der Waals surface area contributed by atoms with E-state index >= 15 is 0 Å². The third kappa shape index (κ3) is 7.53. The minimum atomic E-state index is -0.164. The standard InChI is InChI=1S/C18H26ClN5O2.HI/c1-18(2,3)16-22-15(23-26-16)12-21-17(20-4)24(5)10-11-25-14-8-6-13(19)7-9-14;/h6-9H,10-12H2,1-5H3,(H,20,21);1H. The molecule has 0 amide bonds. The molecule has 0 aliphatic carbocycles. The summed E-state index contributed by atoms with van der Waals surface area (Å²) in [6.07, 6.45) is 0. The van der Waals surface area contributed by atoms with Crippen LogP contribution in [0.5, 0.6) is 5.75 Å². The molecule has 0 aliphatic heterocycles. The molecule has 9 heteroatoms. The molecule has 27 heavy (non-hydrogen) atoms. The van der Waals surface area contributed by atoms with Gasteiger partial charge in [0.15, 0.2) is 11.8 Å². The number of hydrogen-bond acceptors (Lipinski definition) is 5. The summed E-state index contributed by atoms with van der Waals surface area (Å²) in [6.45, 7) is 7.73. The largest absolute Gasteiger partial charge is 0.492 e. The fourth-order valence-electron chi connectivity index (χ4n) is 2.11. The summed E-state index contributed by atoms with van der Waals surface area (Å²) in [5.41, 5.74) is -0.164. The molecule has 0 saturated carbocycles. The Kier molecular flexibility index (Phi) is 9.31. The topological polar surface area (TPSA) is 75.8 Å². The maximum atomic E-state index is 5.86. The van der Waals surface area contributed by atoms with E-state index in [-0.39, 0.29) is 29.4 Å². The van der Waals surface area contributed by atoms with E-state index in [1.807, 2.05) is 44.9 Å². The smallest absolute Gasteiger partial charge is 0.232 e. The van der Waals surface area contributed by atoms with Gasteiger partial charge in [0.05, 0.1) is 13.1 Å². The number of nitrogens with one attached hydrogen (secondary N) is 1. The highest BCUT2D eigenvalue weighted by Crippen LogP contribution is 2.19. The number of ether oxygens (including phenoxy) is 1. The Bertz CT molecular complexity index is 728. The number of rotatable bonds is 6. The van der Waals surface area contributed by atoms with E-state index in [9.17, 15) is 0 Å². The van der Waals surface area contributed by atoms with Crippen molar-refractivity contribution in [2.24, 2.45) is 4.99 Å². The third-order valence-electron chi connectivity index (χ3n) is 3.60. The molecular weight excluding hydrogens is 481 g/mol. The van der Waals surface area contributed by atoms with Crippen LogP contribution in [0.25, 0.3) is 0 Å². The number of nitrogens with zero attached hydrogens (tertiary/aromatic N) is 4. The minimum absolute atomic E-state index is 0. The van der Waals surface area contributed by atoms with Gasteiger partial charge < -0.3 is 19.5 Å². The second-order valence-corrected chi connectivity index (χ2v) is 7.33. The number of benzene rings is 1. The van der Waals surface area contributed by atoms with Gasteiger partial charge in [0.25, 0.3) is 0 Å². The van der Waals surface area contributed by atoms with E-state index in [4.69, 9.17) is 20.9 Å². The van der Waals surface area contributed by atoms with Gasteiger partial charge in [0.1, 0.15) is 12.4 Å². The van der Waals surface area contributed by atoms with Crippen LogP contribution >= 0.6 is 35.6 Å². The van der Waals surface area contributed by atoms with Crippen LogP contribution < -0.4 is 10.1 Å². The van der Waals surface area contributed by atoms with E-state index in [0.29, 0.717) is 36.4 Å². The molecule has 2 aromatic rings. The van der Waals surface area contributed by atoms with Crippen molar-refractivity contribution in [1.29, 1.82) is 0 Å². The molecule has 0 spiro atoms. The Morgan fingerprint density at radius 3 is 2.52 bits per heavy atom. The van der Waals surface area contributed by atoms with Gasteiger partial charge in [0.2, 0.25) is 5.89 Å². The first-order valence-corrected chi connectivity index (χ1v) is 8.80. The van der Waals surface area contributed by atoms with Gasteiger partial charge in [0, 0.05) is 24.5 Å². The summed E-state index contributed by atoms with van der Waals surface area (Å²) in [5.74, 6) is 2.73. The molecule has 1 aromatic carbocycles. The molecule has 0 atom stereocenters. The Balaban J connectivity index is 0.00000364. The average Bonchev–Trinajstić information content (AvgIpc) is 3.06. The van der Waals surface area contributed by atoms with Crippen LogP contribution in [-0.4, -0.2) is 48.2 Å². The fraction of sp³-hybridized carbons (Fsp3) is 0.500. The van der Waals surface area contributed by atoms with Crippen LogP contribution in [0, 0.1) is 0 Å². The highest BCUT2D eigenvalue weighted by atomic mass is 127. The summed E-state index contributed by atoms with van der Waals surface area (Å²) in [4.78, 5) is 10.6. The second-order valence-electron chi connectivity index (χ2n) is 6.89. The molecule has 1 heterocycles. The lowest BCUT2D eigenvalue weighted by molar-refractivity contribution is 0.281. The molecule has 0 radical (unpaired) electrons. The first kappa shape index (κ1) is 23.5. The lowest BCUT2D eigenvalue weighted by atomic mass is 9.97. The predicted octanol–water partition coefficient (Wildman–Crippen LogP) is 3.72. The summed E-state index contributed by atoms with van der Waals surface area (Å²) < 4.78 is 11.0. The lowest BCUT2D eigenvalue weighted by Crippen LogP contribution is -2.40. The van der Waals surface area contributed by atoms with Gasteiger partial charge in [-0.25, -0.2) is 0 Å². The van der Waals surface area contributed by atoms with Crippen molar-refractivity contribution in [1.82, 2.24) is 20.4 Å². The van der Waals surface area contributed by atoms with Crippen LogP contribution in [0.1, 0.15) is 32.5 Å². The Labute approximate surface area is 182 Å². The summed E-state index contributed by atoms with van der Waals surface area (Å²) in [5, 5.41) is 7.91. The minimum Gasteiger partial charge on any atom is -0.492 e. The molecule has 150 valence electrons. The summed E-state index contributed by atoms with van der Waals surface area (Å²) in [7, 11) is 3.67. The van der Waals surface area contributed by atoms with Crippen molar-refractivity contribution in [2.45, 2.75) is 32.7 Å². The van der Waals surface area contributed by atoms with Crippen molar-refractivity contribution in [3.63, 3.8) is 0 Å². The van der Waals surface area contributed by atoms with Crippen molar-refractivity contribution in [3.8, 4) is 5.75 Å². The average molecular weight is 508 g/mol. The molecule has 0 saturated heterocycles. The molecule has 0 fully saturated rings. The highest BCUT2D eigenvalue weighted by Gasteiger charge is 2.21. The molecule has 7 nitrogen and oxygen atoms in total. The van der Waals surface area contributed by atoms with Gasteiger partial charge in [-0.15, -0.1) is 24.0 Å². The number of guanidine groups is 1. The zero-order valence-electron chi connectivity index (χ0n) is 16.3. The molecule has 1 aromatic heterocycles. The Morgan fingerprint density at radius 1 is 1.30 bits per heavy atom. The number of halogens is 2. The van der Waals surface area contributed by atoms with Gasteiger partial charge >= 0.3 is 0 Å². The molecule has 0 unspecified atom stereocenters. The number of likely N-dealkylation sites (N-methyl/N-ethyl adjacent to an activating group) is 1. The van der Waals surface area contributed by atoms with Crippen molar-refractivity contribution in [3.05, 3.63) is 41.0 Å². The van der Waals surface area contributed by atoms with Gasteiger partial charge in [-0.1, -0.05) is 37.5 Å². The second kappa shape index (κ2) is 10.7. The monoisotopic (exact) mass is 507 g/mol. The predicted molar refractivity (Wildman–Crippen MR) is 118 cm³/mol.